The maximum Gasteiger partial charge on any atom is 0.0508 e. The summed E-state index contributed by atoms with van der Waals surface area (Å²) in [5.41, 5.74) is 9.24. The predicted molar refractivity (Wildman–Crippen MR) is 36.4 cm³/mol. The van der Waals surface area contributed by atoms with Gasteiger partial charge in [-0.3, -0.25) is 0 Å². The maximum atomic E-state index is 5.47. The lowest BCUT2D eigenvalue weighted by Crippen LogP contribution is -1.92. The zero-order valence-corrected chi connectivity index (χ0v) is 5.57. The highest BCUT2D eigenvalue weighted by Crippen LogP contribution is 1.92. The SMILES string of the molecule is CC=C=C(N)CCC. The Morgan fingerprint density at radius 2 is 2.38 bits per heavy atom. The Labute approximate surface area is 50.9 Å². The number of hydrogen-bond donors (Lipinski definition) is 1. The molecule has 0 aliphatic carbocycles. The van der Waals surface area contributed by atoms with Crippen molar-refractivity contribution in [1.29, 1.82) is 0 Å². The fraction of sp³-hybridized carbons (Fsp3) is 0.571. The molecule has 0 unspecified atom stereocenters. The quantitative estimate of drug-likeness (QED) is 0.540. The fourth-order valence-electron chi connectivity index (χ4n) is 0.527. The van der Waals surface area contributed by atoms with E-state index in [1.54, 1.807) is 0 Å². The third-order valence-electron chi connectivity index (χ3n) is 0.849. The monoisotopic (exact) mass is 111 g/mol. The van der Waals surface area contributed by atoms with Crippen LogP contribution in [0.4, 0.5) is 0 Å². The van der Waals surface area contributed by atoms with E-state index in [-0.39, 0.29) is 0 Å². The second-order valence-electron chi connectivity index (χ2n) is 1.71. The van der Waals surface area contributed by atoms with Crippen LogP contribution in [0.5, 0.6) is 0 Å². The molecule has 0 fully saturated rings. The highest BCUT2D eigenvalue weighted by molar-refractivity contribution is 4.94. The number of rotatable bonds is 2. The summed E-state index contributed by atoms with van der Waals surface area (Å²) < 4.78 is 0. The van der Waals surface area contributed by atoms with Crippen LogP contribution in [0.1, 0.15) is 26.7 Å². The van der Waals surface area contributed by atoms with E-state index in [2.05, 4.69) is 12.7 Å². The first-order valence-corrected chi connectivity index (χ1v) is 2.97. The first kappa shape index (κ1) is 7.32. The maximum absolute atomic E-state index is 5.47. The molecule has 0 aliphatic rings. The van der Waals surface area contributed by atoms with E-state index in [1.165, 1.54) is 0 Å². The minimum atomic E-state index is 0.856. The van der Waals surface area contributed by atoms with E-state index < -0.39 is 0 Å². The Kier molecular flexibility index (Phi) is 4.10. The van der Waals surface area contributed by atoms with Crippen LogP contribution in [-0.4, -0.2) is 0 Å². The topological polar surface area (TPSA) is 26.0 Å². The van der Waals surface area contributed by atoms with E-state index in [0.29, 0.717) is 0 Å². The summed E-state index contributed by atoms with van der Waals surface area (Å²) in [6, 6.07) is 0. The molecule has 0 amide bonds. The number of nitrogens with two attached hydrogens (primary N) is 1. The number of allylic oxidation sites excluding steroid dienone is 1. The molecular formula is C7H13N. The van der Waals surface area contributed by atoms with Gasteiger partial charge in [-0.25, -0.2) is 0 Å². The fourth-order valence-corrected chi connectivity index (χ4v) is 0.527. The van der Waals surface area contributed by atoms with E-state index in [9.17, 15) is 0 Å². The van der Waals surface area contributed by atoms with Gasteiger partial charge >= 0.3 is 0 Å². The Hall–Kier alpha value is -0.680. The van der Waals surface area contributed by atoms with E-state index in [0.717, 1.165) is 18.5 Å². The normalized spacial score (nSPS) is 7.75. The van der Waals surface area contributed by atoms with Gasteiger partial charge in [0.25, 0.3) is 0 Å². The van der Waals surface area contributed by atoms with Crippen molar-refractivity contribution in [3.8, 4) is 0 Å². The molecule has 1 heteroatoms. The Balaban J connectivity index is 3.62. The van der Waals surface area contributed by atoms with Crippen LogP contribution in [-0.2, 0) is 0 Å². The molecule has 0 rings (SSSR count). The third-order valence-corrected chi connectivity index (χ3v) is 0.849. The minimum absolute atomic E-state index is 0.856. The third kappa shape index (κ3) is 3.51. The van der Waals surface area contributed by atoms with Gasteiger partial charge in [0.1, 0.15) is 0 Å². The molecule has 0 heterocycles. The standard InChI is InChI=1S/C7H13N/c1-3-5-7(8)6-4-2/h3H,4,6,8H2,1-2H3. The van der Waals surface area contributed by atoms with E-state index in [4.69, 9.17) is 5.73 Å². The van der Waals surface area contributed by atoms with Crippen molar-refractivity contribution >= 4 is 0 Å². The van der Waals surface area contributed by atoms with Gasteiger partial charge in [0.15, 0.2) is 0 Å². The molecule has 0 radical (unpaired) electrons. The molecule has 0 spiro atoms. The summed E-state index contributed by atoms with van der Waals surface area (Å²) in [5, 5.41) is 0. The second-order valence-corrected chi connectivity index (χ2v) is 1.71. The Morgan fingerprint density at radius 1 is 1.75 bits per heavy atom. The van der Waals surface area contributed by atoms with Gasteiger partial charge in [-0.15, -0.1) is 5.73 Å². The Morgan fingerprint density at radius 3 is 2.75 bits per heavy atom. The molecule has 0 aromatic rings. The highest BCUT2D eigenvalue weighted by Gasteiger charge is 1.80. The summed E-state index contributed by atoms with van der Waals surface area (Å²) >= 11 is 0. The van der Waals surface area contributed by atoms with Crippen LogP contribution in [0.25, 0.3) is 0 Å². The predicted octanol–water partition coefficient (Wildman–Crippen LogP) is 1.80. The zero-order chi connectivity index (χ0) is 6.41. The van der Waals surface area contributed by atoms with Gasteiger partial charge in [-0.2, -0.15) is 0 Å². The lowest BCUT2D eigenvalue weighted by Gasteiger charge is -1.88. The smallest absolute Gasteiger partial charge is 0.0508 e. The van der Waals surface area contributed by atoms with Crippen molar-refractivity contribution in [2.75, 3.05) is 0 Å². The van der Waals surface area contributed by atoms with Crippen LogP contribution in [0.2, 0.25) is 0 Å². The van der Waals surface area contributed by atoms with Crippen LogP contribution in [0.15, 0.2) is 17.5 Å². The van der Waals surface area contributed by atoms with Gasteiger partial charge in [-0.1, -0.05) is 13.3 Å². The van der Waals surface area contributed by atoms with E-state index >= 15 is 0 Å². The first-order valence-electron chi connectivity index (χ1n) is 2.97. The van der Waals surface area contributed by atoms with Crippen molar-refractivity contribution < 1.29 is 0 Å². The van der Waals surface area contributed by atoms with Crippen molar-refractivity contribution in [3.05, 3.63) is 17.5 Å². The summed E-state index contributed by atoms with van der Waals surface area (Å²) in [6.07, 6.45) is 3.90. The lowest BCUT2D eigenvalue weighted by atomic mass is 10.3. The van der Waals surface area contributed by atoms with Crippen molar-refractivity contribution in [3.63, 3.8) is 0 Å². The average Bonchev–Trinajstić information content (AvgIpc) is 1.68. The molecule has 8 heavy (non-hydrogen) atoms. The van der Waals surface area contributed by atoms with Gasteiger partial charge in [0.05, 0.1) is 5.70 Å². The van der Waals surface area contributed by atoms with Crippen LogP contribution in [0.3, 0.4) is 0 Å². The summed E-state index contributed by atoms with van der Waals surface area (Å²) in [7, 11) is 0. The van der Waals surface area contributed by atoms with Crippen molar-refractivity contribution in [2.45, 2.75) is 26.7 Å². The van der Waals surface area contributed by atoms with Gasteiger partial charge in [-0.05, 0) is 19.4 Å². The van der Waals surface area contributed by atoms with Crippen LogP contribution < -0.4 is 5.73 Å². The molecule has 0 bridgehead atoms. The van der Waals surface area contributed by atoms with Crippen LogP contribution >= 0.6 is 0 Å². The summed E-state index contributed by atoms with van der Waals surface area (Å²) in [4.78, 5) is 0. The van der Waals surface area contributed by atoms with Gasteiger partial charge in [0.2, 0.25) is 0 Å². The molecule has 0 saturated carbocycles. The van der Waals surface area contributed by atoms with Gasteiger partial charge in [0, 0.05) is 0 Å². The summed E-state index contributed by atoms with van der Waals surface area (Å²) in [6.45, 7) is 4.02. The van der Waals surface area contributed by atoms with Gasteiger partial charge < -0.3 is 5.73 Å². The minimum Gasteiger partial charge on any atom is -0.396 e. The molecule has 0 aromatic carbocycles. The number of hydrogen-bond acceptors (Lipinski definition) is 1. The molecule has 0 aliphatic heterocycles. The molecule has 2 N–H and O–H groups in total. The van der Waals surface area contributed by atoms with Crippen molar-refractivity contribution in [1.82, 2.24) is 0 Å². The van der Waals surface area contributed by atoms with Crippen LogP contribution in [0, 0.1) is 0 Å². The van der Waals surface area contributed by atoms with Crippen molar-refractivity contribution in [2.24, 2.45) is 5.73 Å². The first-order chi connectivity index (χ1) is 3.81. The molecule has 0 atom stereocenters. The Bertz CT molecular complexity index is 108. The molecule has 46 valence electrons. The average molecular weight is 111 g/mol. The van der Waals surface area contributed by atoms with E-state index in [1.807, 2.05) is 13.0 Å². The highest BCUT2D eigenvalue weighted by atomic mass is 14.6. The summed E-state index contributed by atoms with van der Waals surface area (Å²) in [5.74, 6) is 0. The molecular weight excluding hydrogens is 98.1 g/mol. The molecule has 0 saturated heterocycles. The second kappa shape index (κ2) is 4.48. The largest absolute Gasteiger partial charge is 0.396 e. The molecule has 0 aromatic heterocycles. The lowest BCUT2D eigenvalue weighted by molar-refractivity contribution is 0.895. The molecule has 1 nitrogen and oxygen atoms in total. The zero-order valence-electron chi connectivity index (χ0n) is 5.57.